The minimum atomic E-state index is -4.02. The zero-order valence-corrected chi connectivity index (χ0v) is 38.3. The highest BCUT2D eigenvalue weighted by Crippen LogP contribution is 2.48. The smallest absolute Gasteiger partial charge is 0.408 e. The van der Waals surface area contributed by atoms with Gasteiger partial charge in [0.15, 0.2) is 22.7 Å². The van der Waals surface area contributed by atoms with Gasteiger partial charge in [-0.05, 0) is 89.2 Å². The Morgan fingerprint density at radius 1 is 1.02 bits per heavy atom. The van der Waals surface area contributed by atoms with Crippen LogP contribution in [0.15, 0.2) is 46.2 Å². The minimum absolute atomic E-state index is 0.00281. The molecule has 3 N–H and O–H groups in total. The second-order valence-corrected chi connectivity index (χ2v) is 21.6. The van der Waals surface area contributed by atoms with Crippen molar-refractivity contribution in [2.24, 2.45) is 5.92 Å². The van der Waals surface area contributed by atoms with E-state index in [4.69, 9.17) is 28.6 Å². The maximum atomic E-state index is 14.9. The topological polar surface area (TPSA) is 208 Å². The average molecular weight is 917 g/mol. The summed E-state index contributed by atoms with van der Waals surface area (Å²) in [4.78, 5) is 68.4. The summed E-state index contributed by atoms with van der Waals surface area (Å²) in [5.74, 6) is -1.38. The first-order valence-corrected chi connectivity index (χ1v) is 24.9. The highest BCUT2D eigenvalue weighted by molar-refractivity contribution is 7.91. The molecule has 4 fully saturated rings. The van der Waals surface area contributed by atoms with Gasteiger partial charge in [0.05, 0.1) is 29.5 Å². The Hall–Kier alpha value is -5.23. The van der Waals surface area contributed by atoms with Crippen molar-refractivity contribution >= 4 is 67.2 Å². The highest BCUT2D eigenvalue weighted by atomic mass is 32.2. The van der Waals surface area contributed by atoms with Crippen LogP contribution in [0.3, 0.4) is 0 Å². The lowest BCUT2D eigenvalue weighted by Crippen LogP contribution is -2.58. The number of pyridine rings is 1. The van der Waals surface area contributed by atoms with Crippen LogP contribution in [0.25, 0.3) is 32.8 Å². The molecule has 18 heteroatoms. The van der Waals surface area contributed by atoms with Crippen LogP contribution in [0.5, 0.6) is 11.5 Å². The number of methoxy groups -OCH3 is 1. The van der Waals surface area contributed by atoms with Crippen LogP contribution in [0.1, 0.15) is 116 Å². The van der Waals surface area contributed by atoms with Crippen LogP contribution >= 0.6 is 11.3 Å². The van der Waals surface area contributed by atoms with E-state index >= 15 is 0 Å². The molecule has 9 rings (SSSR count). The first-order valence-electron chi connectivity index (χ1n) is 22.5. The second kappa shape index (κ2) is 17.3. The zero-order valence-electron chi connectivity index (χ0n) is 36.6. The largest absolute Gasteiger partial charge is 0.493 e. The average Bonchev–Trinajstić information content (AvgIpc) is 3.74. The predicted molar refractivity (Wildman–Crippen MR) is 239 cm³/mol. The van der Waals surface area contributed by atoms with Crippen LogP contribution in [-0.4, -0.2) is 95.3 Å². The Morgan fingerprint density at radius 2 is 1.80 bits per heavy atom. The van der Waals surface area contributed by atoms with Gasteiger partial charge in [-0.25, -0.2) is 23.2 Å². The molecule has 1 saturated heterocycles. The third kappa shape index (κ3) is 8.54. The van der Waals surface area contributed by atoms with E-state index in [2.05, 4.69) is 29.2 Å². The number of fused-ring (bicyclic) bond motifs is 5. The van der Waals surface area contributed by atoms with Crippen LogP contribution in [0.4, 0.5) is 4.79 Å². The third-order valence-electron chi connectivity index (χ3n) is 13.6. The number of nitrogens with zero attached hydrogens (tertiary/aromatic N) is 3. The van der Waals surface area contributed by atoms with E-state index in [9.17, 15) is 27.6 Å². The number of ether oxygens (including phenoxy) is 3. The summed E-state index contributed by atoms with van der Waals surface area (Å²) < 4.78 is 52.5. The molecule has 0 bridgehead atoms. The van der Waals surface area contributed by atoms with Crippen molar-refractivity contribution in [2.45, 2.75) is 145 Å². The molecule has 2 aliphatic heterocycles. The molecule has 3 aliphatic carbocycles. The van der Waals surface area contributed by atoms with E-state index < -0.39 is 68.2 Å². The van der Waals surface area contributed by atoms with Gasteiger partial charge >= 0.3 is 6.09 Å². The Labute approximate surface area is 376 Å². The maximum absolute atomic E-state index is 14.9. The number of sulfonamides is 1. The number of alkyl carbamates (subject to hydrolysis) is 1. The number of hydrogen-bond acceptors (Lipinski definition) is 13. The van der Waals surface area contributed by atoms with Crippen LogP contribution in [0, 0.1) is 5.92 Å². The highest BCUT2D eigenvalue weighted by Gasteiger charge is 2.63. The number of allylic oxidation sites excluding steroid dienone is 1. The van der Waals surface area contributed by atoms with Gasteiger partial charge in [-0.3, -0.25) is 19.1 Å². The lowest BCUT2D eigenvalue weighted by molar-refractivity contribution is -0.141. The van der Waals surface area contributed by atoms with E-state index in [1.165, 1.54) is 16.2 Å². The number of furan rings is 1. The van der Waals surface area contributed by atoms with Crippen molar-refractivity contribution in [1.29, 1.82) is 0 Å². The lowest BCUT2D eigenvalue weighted by Gasteiger charge is -2.30. The zero-order chi connectivity index (χ0) is 45.0. The van der Waals surface area contributed by atoms with Crippen molar-refractivity contribution in [2.75, 3.05) is 13.7 Å². The van der Waals surface area contributed by atoms with Gasteiger partial charge in [-0.2, -0.15) is 0 Å². The summed E-state index contributed by atoms with van der Waals surface area (Å²) in [6.07, 6.45) is 9.78. The molecule has 0 unspecified atom stereocenters. The summed E-state index contributed by atoms with van der Waals surface area (Å²) >= 11 is 1.46. The molecule has 5 aliphatic rings. The van der Waals surface area contributed by atoms with E-state index in [1.807, 2.05) is 29.7 Å². The number of amides is 4. The van der Waals surface area contributed by atoms with Crippen LogP contribution < -0.4 is 24.8 Å². The van der Waals surface area contributed by atoms with Gasteiger partial charge < -0.3 is 34.2 Å². The SMILES string of the molecule is COc1cccc2c1oc1c(O[C@@H]3C[C@H]4C(=O)N[C@]5(C(=O)NS(=O)(=O)C6(C)CC6)C[C@H]5C=CCCCCC[C@H](NC(=O)OC5CCCC5)C(=O)N4C3)cc(-c3nc(C(C)C)cs3)nc12. The molecule has 0 spiro atoms. The van der Waals surface area contributed by atoms with E-state index in [0.29, 0.717) is 76.4 Å². The van der Waals surface area contributed by atoms with E-state index in [-0.39, 0.29) is 31.4 Å². The van der Waals surface area contributed by atoms with Gasteiger partial charge in [-0.15, -0.1) is 11.3 Å². The molecule has 4 aromatic rings. The summed E-state index contributed by atoms with van der Waals surface area (Å²) in [5, 5.41) is 9.15. The molecule has 1 aromatic carbocycles. The Morgan fingerprint density at radius 3 is 2.53 bits per heavy atom. The molecule has 5 heterocycles. The summed E-state index contributed by atoms with van der Waals surface area (Å²) in [5.41, 5.74) is 1.25. The molecule has 3 aromatic heterocycles. The minimum Gasteiger partial charge on any atom is -0.493 e. The quantitative estimate of drug-likeness (QED) is 0.137. The number of hydrogen-bond donors (Lipinski definition) is 3. The number of rotatable bonds is 10. The first-order chi connectivity index (χ1) is 30.7. The van der Waals surface area contributed by atoms with Crippen LogP contribution in [-0.2, 0) is 29.1 Å². The fourth-order valence-electron chi connectivity index (χ4n) is 9.19. The Bertz CT molecular complexity index is 2610. The van der Waals surface area contributed by atoms with E-state index in [1.54, 1.807) is 26.2 Å². The van der Waals surface area contributed by atoms with Crippen LogP contribution in [0.2, 0.25) is 0 Å². The molecule has 64 heavy (non-hydrogen) atoms. The number of para-hydroxylation sites is 1. The Balaban J connectivity index is 1.07. The fraction of sp³-hybridized carbons (Fsp3) is 0.565. The van der Waals surface area contributed by atoms with Crippen molar-refractivity contribution in [3.63, 3.8) is 0 Å². The van der Waals surface area contributed by atoms with Crippen molar-refractivity contribution in [1.82, 2.24) is 30.2 Å². The van der Waals surface area contributed by atoms with E-state index in [0.717, 1.165) is 44.2 Å². The second-order valence-electron chi connectivity index (χ2n) is 18.6. The summed E-state index contributed by atoms with van der Waals surface area (Å²) in [6.45, 7) is 5.67. The van der Waals surface area contributed by atoms with Crippen molar-refractivity contribution in [3.8, 4) is 22.2 Å². The number of benzene rings is 1. The van der Waals surface area contributed by atoms with Gasteiger partial charge in [0.1, 0.15) is 46.0 Å². The van der Waals surface area contributed by atoms with Gasteiger partial charge in [0, 0.05) is 23.8 Å². The van der Waals surface area contributed by atoms with Gasteiger partial charge in [-0.1, -0.05) is 44.9 Å². The molecular formula is C46H56N6O10S2. The summed E-state index contributed by atoms with van der Waals surface area (Å²) in [6, 6.07) is 5.10. The molecule has 5 atom stereocenters. The first kappa shape index (κ1) is 44.0. The lowest BCUT2D eigenvalue weighted by atomic mass is 10.0. The third-order valence-corrected chi connectivity index (χ3v) is 16.6. The maximum Gasteiger partial charge on any atom is 0.408 e. The monoisotopic (exact) mass is 916 g/mol. The number of carbonyl (C=O) groups is 4. The van der Waals surface area contributed by atoms with Crippen molar-refractivity contribution in [3.05, 3.63) is 47.5 Å². The molecule has 16 nitrogen and oxygen atoms in total. The molecule has 4 amide bonds. The standard InChI is InChI=1S/C46H56N6O10S2/c1-26(2)33-25-63-41(48-33)32-22-36(39-37(47-32)30-16-12-18-35(59-4)38(30)62-39)60-29-21-34-40(53)50-46(43(55)51-64(57,58)45(3)19-20-45)23-27(46)13-8-6-5-7-9-17-31(42(54)52(34)24-29)49-44(56)61-28-14-10-11-15-28/h8,12-13,16,18,22,25-29,31,34H,5-7,9-11,14-15,17,19-21,23-24H2,1-4H3,(H,49,56)(H,50,53)(H,51,55)/t27-,29-,31+,34+,46-/m1/s1. The van der Waals surface area contributed by atoms with Gasteiger partial charge in [0.2, 0.25) is 21.8 Å². The molecular weight excluding hydrogens is 861 g/mol. The molecule has 342 valence electrons. The van der Waals surface area contributed by atoms with Gasteiger partial charge in [0.25, 0.3) is 5.91 Å². The van der Waals surface area contributed by atoms with Crippen molar-refractivity contribution < 1.29 is 46.2 Å². The Kier molecular flexibility index (Phi) is 11.9. The number of thiazole rings is 1. The fourth-order valence-corrected chi connectivity index (χ4v) is 11.4. The number of carbonyl (C=O) groups excluding carboxylic acids is 4. The normalized spacial score (nSPS) is 26.2. The molecule has 3 saturated carbocycles. The summed E-state index contributed by atoms with van der Waals surface area (Å²) in [7, 11) is -2.47. The number of aromatic nitrogens is 2. The predicted octanol–water partition coefficient (Wildman–Crippen LogP) is 7.02. The molecule has 0 radical (unpaired) electrons. The number of nitrogens with one attached hydrogen (secondary N) is 3.